The van der Waals surface area contributed by atoms with Crippen molar-refractivity contribution in [2.24, 2.45) is 0 Å². The molecule has 0 saturated heterocycles. The van der Waals surface area contributed by atoms with Gasteiger partial charge < -0.3 is 0 Å². The first-order chi connectivity index (χ1) is 21.9. The molecule has 218 valence electrons. The van der Waals surface area contributed by atoms with Crippen molar-refractivity contribution in [3.05, 3.63) is 177 Å². The van der Waals surface area contributed by atoms with Crippen molar-refractivity contribution in [2.45, 2.75) is 45.6 Å². The second kappa shape index (κ2) is 10.0. The molecule has 0 fully saturated rings. The minimum atomic E-state index is -2.79. The SMILES string of the molecule is CC1=C(c2cccc3ccccc23)c2c3cccc2[CH]1[Ti]([CH3])([CH3])[CH]1C(C)=C(c2cccc4ccccc24)c2c(cccc21)CC3. The van der Waals surface area contributed by atoms with Gasteiger partial charge in [0.1, 0.15) is 0 Å². The van der Waals surface area contributed by atoms with Gasteiger partial charge in [0.25, 0.3) is 0 Å². The molecule has 6 aromatic rings. The van der Waals surface area contributed by atoms with E-state index in [1.807, 2.05) is 0 Å². The summed E-state index contributed by atoms with van der Waals surface area (Å²) >= 11 is -2.79. The van der Waals surface area contributed by atoms with Crippen molar-refractivity contribution in [1.29, 1.82) is 0 Å². The van der Waals surface area contributed by atoms with Gasteiger partial charge in [-0.15, -0.1) is 0 Å². The van der Waals surface area contributed by atoms with E-state index in [0.29, 0.717) is 8.45 Å². The van der Waals surface area contributed by atoms with Gasteiger partial charge in [0, 0.05) is 0 Å². The second-order valence-electron chi connectivity index (χ2n) is 14.1. The topological polar surface area (TPSA) is 0 Å². The maximum atomic E-state index is 2.74. The molecular weight excluding hydrogens is 576 g/mol. The zero-order chi connectivity index (χ0) is 30.4. The van der Waals surface area contributed by atoms with E-state index in [9.17, 15) is 0 Å². The standard InChI is InChI=1S/C42H32.2CH3.Ti/c1-27-25-33-17-7-15-31(41(33)39(27)37-21-9-13-29-11-3-5-19-35(29)37)23-24-32-16-8-18-34-26-28(2)40(42(32)34)38-22-10-14-30-12-4-6-20-36(30)38;;;/h3-22,25-26H,23-24H2,1-2H3;2*1H3;. The molecule has 0 aromatic heterocycles. The third kappa shape index (κ3) is 3.83. The van der Waals surface area contributed by atoms with Gasteiger partial charge in [0.2, 0.25) is 0 Å². The van der Waals surface area contributed by atoms with Crippen molar-refractivity contribution < 1.29 is 16.6 Å². The number of rotatable bonds is 2. The van der Waals surface area contributed by atoms with Gasteiger partial charge in [0.15, 0.2) is 0 Å². The Kier molecular flexibility index (Phi) is 6.09. The van der Waals surface area contributed by atoms with Crippen LogP contribution in [0.25, 0.3) is 32.7 Å². The number of hydrogen-bond acceptors (Lipinski definition) is 0. The molecule has 0 N–H and O–H groups in total. The van der Waals surface area contributed by atoms with Crippen LogP contribution in [0.1, 0.15) is 66.8 Å². The van der Waals surface area contributed by atoms with Crippen LogP contribution >= 0.6 is 0 Å². The zero-order valence-electron chi connectivity index (χ0n) is 26.6. The van der Waals surface area contributed by atoms with Crippen LogP contribution in [-0.2, 0) is 29.4 Å². The van der Waals surface area contributed by atoms with Crippen LogP contribution in [0.4, 0.5) is 0 Å². The van der Waals surface area contributed by atoms with Crippen LogP contribution < -0.4 is 0 Å². The fourth-order valence-corrected chi connectivity index (χ4v) is 17.5. The molecule has 0 amide bonds. The Hall–Kier alpha value is -3.97. The average Bonchev–Trinajstić information content (AvgIpc) is 3.54. The van der Waals surface area contributed by atoms with Gasteiger partial charge in [-0.3, -0.25) is 0 Å². The molecular formula is C44H38Ti. The summed E-state index contributed by atoms with van der Waals surface area (Å²) in [6.07, 6.45) is 2.10. The molecule has 6 aromatic carbocycles. The van der Waals surface area contributed by atoms with Crippen LogP contribution in [0, 0.1) is 0 Å². The summed E-state index contributed by atoms with van der Waals surface area (Å²) in [7, 11) is 0. The molecule has 3 aliphatic rings. The van der Waals surface area contributed by atoms with Gasteiger partial charge in [-0.2, -0.15) is 0 Å². The van der Waals surface area contributed by atoms with Crippen LogP contribution in [0.15, 0.2) is 132 Å². The van der Waals surface area contributed by atoms with E-state index < -0.39 is 16.6 Å². The molecule has 0 spiro atoms. The first-order valence-corrected chi connectivity index (χ1v) is 21.5. The summed E-state index contributed by atoms with van der Waals surface area (Å²) in [6, 6.07) is 46.3. The van der Waals surface area contributed by atoms with E-state index in [-0.39, 0.29) is 0 Å². The Morgan fingerprint density at radius 1 is 0.467 bits per heavy atom. The van der Waals surface area contributed by atoms with Crippen molar-refractivity contribution in [2.75, 3.05) is 0 Å². The molecule has 0 radical (unpaired) electrons. The Morgan fingerprint density at radius 3 is 1.33 bits per heavy atom. The van der Waals surface area contributed by atoms with E-state index in [1.54, 1.807) is 33.4 Å². The van der Waals surface area contributed by atoms with Crippen LogP contribution in [0.3, 0.4) is 0 Å². The molecule has 8 bridgehead atoms. The predicted octanol–water partition coefficient (Wildman–Crippen LogP) is 11.8. The van der Waals surface area contributed by atoms with E-state index in [0.717, 1.165) is 12.8 Å². The number of aryl methyl sites for hydroxylation is 2. The van der Waals surface area contributed by atoms with Crippen molar-refractivity contribution in [3.8, 4) is 0 Å². The van der Waals surface area contributed by atoms with Gasteiger partial charge in [0.05, 0.1) is 0 Å². The monoisotopic (exact) mass is 614 g/mol. The summed E-state index contributed by atoms with van der Waals surface area (Å²) in [5.41, 5.74) is 18.4. The average molecular weight is 615 g/mol. The summed E-state index contributed by atoms with van der Waals surface area (Å²) in [4.78, 5) is 0. The Morgan fingerprint density at radius 2 is 0.867 bits per heavy atom. The number of fused-ring (bicyclic) bond motifs is 2. The van der Waals surface area contributed by atoms with Crippen molar-refractivity contribution >= 4 is 32.7 Å². The molecule has 2 unspecified atom stereocenters. The third-order valence-corrected chi connectivity index (χ3v) is 18.4. The molecule has 0 nitrogen and oxygen atoms in total. The molecule has 45 heavy (non-hydrogen) atoms. The summed E-state index contributed by atoms with van der Waals surface area (Å²) in [5, 5.41) is 10.9. The summed E-state index contributed by atoms with van der Waals surface area (Å²) in [6.45, 7) is 4.97. The zero-order valence-corrected chi connectivity index (χ0v) is 28.2. The van der Waals surface area contributed by atoms with Crippen LogP contribution in [0.2, 0.25) is 10.5 Å². The number of hydrogen-bond donors (Lipinski definition) is 0. The van der Waals surface area contributed by atoms with E-state index in [2.05, 4.69) is 146 Å². The van der Waals surface area contributed by atoms with E-state index in [4.69, 9.17) is 0 Å². The van der Waals surface area contributed by atoms with Crippen molar-refractivity contribution in [1.82, 2.24) is 0 Å². The fraction of sp³-hybridized carbons (Fsp3) is 0.182. The maximum absolute atomic E-state index is 2.79. The number of allylic oxidation sites excluding steroid dienone is 2. The van der Waals surface area contributed by atoms with Gasteiger partial charge >= 0.3 is 272 Å². The Balaban J connectivity index is 1.35. The molecule has 1 heterocycles. The Bertz CT molecular complexity index is 2110. The summed E-state index contributed by atoms with van der Waals surface area (Å²) < 4.78 is 0.991. The first kappa shape index (κ1) is 27.4. The first-order valence-electron chi connectivity index (χ1n) is 16.6. The van der Waals surface area contributed by atoms with E-state index >= 15 is 0 Å². The molecule has 9 rings (SSSR count). The Labute approximate surface area is 270 Å². The molecule has 2 atom stereocenters. The number of benzene rings is 6. The normalized spacial score (nSPS) is 19.8. The second-order valence-corrected chi connectivity index (χ2v) is 21.6. The van der Waals surface area contributed by atoms with Gasteiger partial charge in [-0.05, 0) is 0 Å². The van der Waals surface area contributed by atoms with Gasteiger partial charge in [-0.25, -0.2) is 0 Å². The fourth-order valence-electron chi connectivity index (χ4n) is 9.83. The van der Waals surface area contributed by atoms with Crippen LogP contribution in [-0.4, -0.2) is 0 Å². The van der Waals surface area contributed by atoms with Gasteiger partial charge in [-0.1, -0.05) is 0 Å². The molecule has 1 aliphatic heterocycles. The quantitative estimate of drug-likeness (QED) is 0.170. The predicted molar refractivity (Wildman–Crippen MR) is 189 cm³/mol. The minimum absolute atomic E-state index is 0.496. The van der Waals surface area contributed by atoms with E-state index in [1.165, 1.54) is 54.9 Å². The van der Waals surface area contributed by atoms with Crippen molar-refractivity contribution in [3.63, 3.8) is 0 Å². The third-order valence-electron chi connectivity index (χ3n) is 11.4. The molecule has 1 heteroatoms. The summed E-state index contributed by atoms with van der Waals surface area (Å²) in [5.74, 6) is 0. The molecule has 2 aliphatic carbocycles. The molecule has 0 saturated carbocycles. The van der Waals surface area contributed by atoms with Crippen LogP contribution in [0.5, 0.6) is 0 Å².